The molecule has 2 aliphatic rings. The van der Waals surface area contributed by atoms with Crippen LogP contribution in [0.25, 0.3) is 45.0 Å². The Kier molecular flexibility index (Phi) is 16.1. The minimum Gasteiger partial charge on any atom is -0.383 e. The number of para-hydroxylation sites is 2. The second kappa shape index (κ2) is 23.6. The fourth-order valence-electron chi connectivity index (χ4n) is 10.8. The molecule has 8 aromatic rings. The van der Waals surface area contributed by atoms with E-state index in [1.807, 2.05) is 134 Å². The summed E-state index contributed by atoms with van der Waals surface area (Å²) in [6.07, 6.45) is 0. The van der Waals surface area contributed by atoms with Gasteiger partial charge in [0.25, 0.3) is 0 Å². The summed E-state index contributed by atoms with van der Waals surface area (Å²) >= 11 is 0. The first-order valence-corrected chi connectivity index (χ1v) is 25.8. The number of rotatable bonds is 17. The number of anilines is 2. The lowest BCUT2D eigenvalue weighted by Gasteiger charge is -2.23. The van der Waals surface area contributed by atoms with E-state index in [9.17, 15) is 22.8 Å². The minimum absolute atomic E-state index is 0.218. The third-order valence-corrected chi connectivity index (χ3v) is 14.7. The van der Waals surface area contributed by atoms with Crippen molar-refractivity contribution in [3.8, 4) is 45.0 Å². The van der Waals surface area contributed by atoms with Crippen LogP contribution in [0.1, 0.15) is 34.1 Å². The van der Waals surface area contributed by atoms with Gasteiger partial charge in [-0.1, -0.05) is 91.0 Å². The molecular formula is C60H60F4N10O4. The number of nitrogens with zero attached hydrogens (tertiary/aromatic N) is 6. The normalized spacial score (nSPS) is 17.6. The molecule has 4 N–H and O–H groups in total. The Morgan fingerprint density at radius 1 is 0.551 bits per heavy atom. The second-order valence-electron chi connectivity index (χ2n) is 19.7. The molecule has 18 heteroatoms. The molecule has 4 heterocycles. The summed E-state index contributed by atoms with van der Waals surface area (Å²) in [6.45, 7) is 7.49. The molecule has 0 bridgehead atoms. The second-order valence-corrected chi connectivity index (χ2v) is 19.7. The molecule has 0 aliphatic carbocycles. The van der Waals surface area contributed by atoms with E-state index in [4.69, 9.17) is 19.7 Å². The lowest BCUT2D eigenvalue weighted by Crippen LogP contribution is -2.42. The van der Waals surface area contributed by atoms with Gasteiger partial charge in [-0.3, -0.25) is 20.4 Å². The molecule has 78 heavy (non-hydrogen) atoms. The molecule has 2 fully saturated rings. The number of hydrogen-bond donors (Lipinski definition) is 4. The van der Waals surface area contributed by atoms with E-state index < -0.39 is 53.3 Å². The summed E-state index contributed by atoms with van der Waals surface area (Å²) in [7, 11) is 3.22. The average Bonchev–Trinajstić information content (AvgIpc) is 4.30. The van der Waals surface area contributed by atoms with E-state index in [0.717, 1.165) is 40.2 Å². The van der Waals surface area contributed by atoms with Gasteiger partial charge in [0.15, 0.2) is 17.5 Å². The Balaban J connectivity index is 0.946. The molecule has 2 saturated heterocycles. The summed E-state index contributed by atoms with van der Waals surface area (Å²) in [4.78, 5) is 32.8. The van der Waals surface area contributed by atoms with Gasteiger partial charge < -0.3 is 20.1 Å². The molecule has 0 spiro atoms. The Bertz CT molecular complexity index is 3390. The van der Waals surface area contributed by atoms with Gasteiger partial charge in [-0.15, -0.1) is 0 Å². The first kappa shape index (κ1) is 53.2. The summed E-state index contributed by atoms with van der Waals surface area (Å²) in [5.74, 6) is -4.57. The molecule has 2 aliphatic heterocycles. The smallest absolute Gasteiger partial charge is 0.320 e. The number of nitrogens with one attached hydrogen (secondary N) is 4. The molecule has 4 amide bonds. The summed E-state index contributed by atoms with van der Waals surface area (Å²) in [6, 6.07) is 41.0. The molecule has 402 valence electrons. The van der Waals surface area contributed by atoms with E-state index in [-0.39, 0.29) is 11.5 Å². The number of amides is 4. The Morgan fingerprint density at radius 3 is 1.56 bits per heavy atom. The molecule has 0 saturated carbocycles. The van der Waals surface area contributed by atoms with Crippen molar-refractivity contribution in [2.75, 3.05) is 77.3 Å². The van der Waals surface area contributed by atoms with Gasteiger partial charge in [-0.05, 0) is 90.7 Å². The van der Waals surface area contributed by atoms with Crippen molar-refractivity contribution >= 4 is 23.7 Å². The highest BCUT2D eigenvalue weighted by Gasteiger charge is 2.38. The maximum absolute atomic E-state index is 15.7. The van der Waals surface area contributed by atoms with Crippen LogP contribution in [0.15, 0.2) is 146 Å². The van der Waals surface area contributed by atoms with Crippen LogP contribution in [0.4, 0.5) is 38.8 Å². The van der Waals surface area contributed by atoms with Crippen LogP contribution in [0.3, 0.4) is 0 Å². The van der Waals surface area contributed by atoms with Crippen LogP contribution in [-0.2, 0) is 9.47 Å². The third kappa shape index (κ3) is 11.4. The molecular weight excluding hydrogens is 1000 g/mol. The predicted octanol–water partition coefficient (Wildman–Crippen LogP) is 10.7. The quantitative estimate of drug-likeness (QED) is 0.0522. The van der Waals surface area contributed by atoms with Crippen molar-refractivity contribution in [2.24, 2.45) is 0 Å². The number of carbonyl (C=O) groups is 2. The van der Waals surface area contributed by atoms with Crippen molar-refractivity contribution < 1.29 is 36.6 Å². The van der Waals surface area contributed by atoms with Gasteiger partial charge in [-0.2, -0.15) is 10.2 Å². The lowest BCUT2D eigenvalue weighted by atomic mass is 9.87. The van der Waals surface area contributed by atoms with Gasteiger partial charge in [0.05, 0.1) is 48.1 Å². The van der Waals surface area contributed by atoms with Crippen LogP contribution in [0, 0.1) is 37.1 Å². The standard InChI is InChI=1S/C60H60F4N10O4/c1-37-55(39-15-8-5-9-16-39)69-73(44-19-10-6-11-20-44)57(37)67-60(76)66-53-36-72(26-28-78-4)34-49(53)46-24-23-43(61)32-47(46)40-17-14-18-41(29-40)56-38(2)58(74(70-56)45-21-12-7-13-22-45)68-59(75)65-52-35-71(25-27-77-3)33-48(52)42-30-50(62)54(64)51(63)31-42/h5-24,29-32,48-49,52-53H,25-28,33-36H2,1-4H3,(H2,65,68,75)(H2,66,67,76)/t48-,49-,52+,53+/m0/s1. The van der Waals surface area contributed by atoms with Crippen LogP contribution in [0.5, 0.6) is 0 Å². The highest BCUT2D eigenvalue weighted by atomic mass is 19.2. The van der Waals surface area contributed by atoms with E-state index in [0.29, 0.717) is 97.8 Å². The summed E-state index contributed by atoms with van der Waals surface area (Å²) in [5, 5.41) is 22.5. The maximum Gasteiger partial charge on any atom is 0.320 e. The average molecular weight is 1060 g/mol. The SMILES string of the molecule is COCCN1C[C@@H](NC(=O)Nc2c(C)c(-c3cccc(-c4cc(F)ccc4[C@@H]4CN(CCOC)C[C@H]4NC(=O)Nc4c(C)c(-c5ccccc5)nn4-c4ccccc4)c3)nn2-c2ccccc2)[C@H](c2cc(F)c(F)c(F)c2)C1. The highest BCUT2D eigenvalue weighted by molar-refractivity contribution is 5.92. The molecule has 6 aromatic carbocycles. The molecule has 4 atom stereocenters. The topological polar surface area (TPSA) is 143 Å². The summed E-state index contributed by atoms with van der Waals surface area (Å²) < 4.78 is 73.0. The van der Waals surface area contributed by atoms with Crippen LogP contribution < -0.4 is 21.3 Å². The van der Waals surface area contributed by atoms with Crippen molar-refractivity contribution in [1.82, 2.24) is 40.0 Å². The number of methoxy groups -OCH3 is 2. The highest BCUT2D eigenvalue weighted by Crippen LogP contribution is 2.39. The van der Waals surface area contributed by atoms with Crippen LogP contribution in [0.2, 0.25) is 0 Å². The van der Waals surface area contributed by atoms with Gasteiger partial charge in [0, 0.05) is 87.6 Å². The molecule has 2 aromatic heterocycles. The Labute approximate surface area is 450 Å². The monoisotopic (exact) mass is 1060 g/mol. The van der Waals surface area contributed by atoms with Gasteiger partial charge in [0.1, 0.15) is 17.5 Å². The Morgan fingerprint density at radius 2 is 1.03 bits per heavy atom. The first-order valence-electron chi connectivity index (χ1n) is 25.8. The number of halogens is 4. The van der Waals surface area contributed by atoms with Crippen molar-refractivity contribution in [1.29, 1.82) is 0 Å². The zero-order valence-electron chi connectivity index (χ0n) is 43.7. The van der Waals surface area contributed by atoms with Gasteiger partial charge in [0.2, 0.25) is 0 Å². The minimum atomic E-state index is -1.56. The van der Waals surface area contributed by atoms with E-state index in [1.54, 1.807) is 29.6 Å². The van der Waals surface area contributed by atoms with Crippen molar-refractivity contribution in [2.45, 2.75) is 37.8 Å². The number of aromatic nitrogens is 4. The molecule has 10 rings (SSSR count). The van der Waals surface area contributed by atoms with Crippen LogP contribution >= 0.6 is 0 Å². The number of likely N-dealkylation sites (tertiary alicyclic amines) is 2. The zero-order valence-corrected chi connectivity index (χ0v) is 43.7. The van der Waals surface area contributed by atoms with Crippen molar-refractivity contribution in [3.05, 3.63) is 191 Å². The number of ether oxygens (including phenoxy) is 2. The lowest BCUT2D eigenvalue weighted by molar-refractivity contribution is 0.159. The number of carbonyl (C=O) groups excluding carboxylic acids is 2. The molecule has 14 nitrogen and oxygen atoms in total. The van der Waals surface area contributed by atoms with E-state index >= 15 is 4.39 Å². The first-order chi connectivity index (χ1) is 37.9. The van der Waals surface area contributed by atoms with Crippen LogP contribution in [-0.4, -0.2) is 120 Å². The predicted molar refractivity (Wildman–Crippen MR) is 293 cm³/mol. The summed E-state index contributed by atoms with van der Waals surface area (Å²) in [5.41, 5.74) is 8.12. The molecule has 0 radical (unpaired) electrons. The number of benzene rings is 6. The van der Waals surface area contributed by atoms with E-state index in [2.05, 4.69) is 26.2 Å². The third-order valence-electron chi connectivity index (χ3n) is 14.7. The fourth-order valence-corrected chi connectivity index (χ4v) is 10.8. The molecule has 0 unspecified atom stereocenters. The van der Waals surface area contributed by atoms with Crippen molar-refractivity contribution in [3.63, 3.8) is 0 Å². The van der Waals surface area contributed by atoms with E-state index in [1.165, 1.54) is 12.1 Å². The maximum atomic E-state index is 15.7. The van der Waals surface area contributed by atoms with Gasteiger partial charge in [-0.25, -0.2) is 36.5 Å². The van der Waals surface area contributed by atoms with Gasteiger partial charge >= 0.3 is 12.1 Å². The number of urea groups is 2. The fraction of sp³-hybridized carbons (Fsp3) is 0.267. The largest absolute Gasteiger partial charge is 0.383 e. The number of hydrogen-bond acceptors (Lipinski definition) is 8. The Hall–Kier alpha value is -8.16. The zero-order chi connectivity index (χ0) is 54.5.